The third kappa shape index (κ3) is 4.82. The van der Waals surface area contributed by atoms with Crippen LogP contribution in [0.25, 0.3) is 91.9 Å². The fraction of sp³-hybridized carbons (Fsp3) is 0.111. The van der Waals surface area contributed by atoms with E-state index in [9.17, 15) is 0 Å². The molecule has 2 aliphatic heterocycles. The minimum Gasteiger partial charge on any atom is -0.657 e. The molecule has 12 nitrogen and oxygen atoms in total. The van der Waals surface area contributed by atoms with Crippen molar-refractivity contribution in [2.45, 2.75) is 0 Å². The maximum atomic E-state index is 5.22. The number of rotatable bonds is 4. The average Bonchev–Trinajstić information content (AvgIpc) is 3.91. The molecule has 0 atom stereocenters. The van der Waals surface area contributed by atoms with Crippen LogP contribution in [0.15, 0.2) is 73.8 Å². The summed E-state index contributed by atoms with van der Waals surface area (Å²) in [7, 11) is 7.89. The van der Waals surface area contributed by atoms with Crippen molar-refractivity contribution in [1.82, 2.24) is 58.1 Å². The monoisotopic (exact) mass is 683 g/mol. The van der Waals surface area contributed by atoms with E-state index in [0.29, 0.717) is 0 Å². The van der Waals surface area contributed by atoms with Gasteiger partial charge in [0.2, 0.25) is 0 Å². The first kappa shape index (κ1) is 30.3. The summed E-state index contributed by atoms with van der Waals surface area (Å²) in [6.07, 6.45) is 22.9. The van der Waals surface area contributed by atoms with Gasteiger partial charge in [0.25, 0.3) is 0 Å². The van der Waals surface area contributed by atoms with E-state index in [0.717, 1.165) is 90.4 Å². The molecule has 0 radical (unpaired) electrons. The summed E-state index contributed by atoms with van der Waals surface area (Å²) in [6, 6.07) is 8.05. The van der Waals surface area contributed by atoms with Gasteiger partial charge in [-0.25, -0.2) is 29.9 Å². The van der Waals surface area contributed by atoms with Gasteiger partial charge in [-0.05, 0) is 24.3 Å². The van der Waals surface area contributed by atoms with E-state index >= 15 is 0 Å². The number of hydrogen-bond acceptors (Lipinski definition) is 6. The number of imidazole rings is 4. The summed E-state index contributed by atoms with van der Waals surface area (Å²) in [5.41, 5.74) is 9.14. The van der Waals surface area contributed by atoms with Gasteiger partial charge in [0.05, 0.1) is 22.8 Å². The zero-order valence-corrected chi connectivity index (χ0v) is 28.2. The predicted molar refractivity (Wildman–Crippen MR) is 186 cm³/mol. The van der Waals surface area contributed by atoms with E-state index in [1.165, 1.54) is 0 Å². The van der Waals surface area contributed by atoms with E-state index in [2.05, 4.69) is 0 Å². The van der Waals surface area contributed by atoms with Gasteiger partial charge in [-0.1, -0.05) is 24.3 Å². The van der Waals surface area contributed by atoms with Crippen LogP contribution in [-0.2, 0) is 45.3 Å². The van der Waals surface area contributed by atoms with Crippen molar-refractivity contribution in [2.24, 2.45) is 28.2 Å². The minimum absolute atomic E-state index is 0. The summed E-state index contributed by atoms with van der Waals surface area (Å²) in [5.74, 6) is 3.00. The van der Waals surface area contributed by atoms with Gasteiger partial charge in [-0.2, -0.15) is 0 Å². The molecule has 0 spiro atoms. The number of aryl methyl sites for hydroxylation is 4. The third-order valence-electron chi connectivity index (χ3n) is 8.79. The van der Waals surface area contributed by atoms with Crippen molar-refractivity contribution >= 4 is 46.4 Å². The molecule has 0 aliphatic carbocycles. The second-order valence-corrected chi connectivity index (χ2v) is 11.8. The molecule has 49 heavy (non-hydrogen) atoms. The Morgan fingerprint density at radius 3 is 0.857 bits per heavy atom. The molecule has 8 bridgehead atoms. The van der Waals surface area contributed by atoms with Gasteiger partial charge in [-0.3, -0.25) is 0 Å². The van der Waals surface area contributed by atoms with Crippen molar-refractivity contribution < 1.29 is 17.1 Å². The Morgan fingerprint density at radius 2 is 0.653 bits per heavy atom. The van der Waals surface area contributed by atoms with Crippen molar-refractivity contribution in [3.8, 4) is 45.6 Å². The van der Waals surface area contributed by atoms with E-state index in [1.807, 2.05) is 120 Å². The SMILES string of the molecule is Cn1ccnc1-c1c2nc(c(-c3nccn3C)c3ccc([n-]3)c(-c3nccn3C)c3nc(c(-c4nccn4C)c4ccc1[n-]4)C=C3)C=C2.[Mn+3]. The van der Waals surface area contributed by atoms with Gasteiger partial charge in [-0.15, -0.1) is 22.1 Å². The minimum atomic E-state index is 0. The van der Waals surface area contributed by atoms with Crippen molar-refractivity contribution in [3.05, 3.63) is 96.6 Å². The van der Waals surface area contributed by atoms with Crippen LogP contribution in [-0.4, -0.2) is 48.2 Å². The van der Waals surface area contributed by atoms with Crippen molar-refractivity contribution in [1.29, 1.82) is 0 Å². The van der Waals surface area contributed by atoms with Crippen LogP contribution in [0.2, 0.25) is 0 Å². The number of nitrogens with zero attached hydrogens (tertiary/aromatic N) is 12. The molecule has 0 amide bonds. The molecule has 0 fully saturated rings. The molecule has 0 saturated heterocycles. The summed E-state index contributed by atoms with van der Waals surface area (Å²) >= 11 is 0. The van der Waals surface area contributed by atoms with Crippen molar-refractivity contribution in [3.63, 3.8) is 0 Å². The topological polar surface area (TPSA) is 125 Å². The maximum Gasteiger partial charge on any atom is 3.00 e. The smallest absolute Gasteiger partial charge is 0.657 e. The molecule has 9 rings (SSSR count). The Bertz CT molecular complexity index is 2280. The molecule has 0 unspecified atom stereocenters. The Kier molecular flexibility index (Phi) is 7.16. The summed E-state index contributed by atoms with van der Waals surface area (Å²) in [4.78, 5) is 39.8. The quantitative estimate of drug-likeness (QED) is 0.223. The van der Waals surface area contributed by atoms with Gasteiger partial charge in [0.1, 0.15) is 23.3 Å². The van der Waals surface area contributed by atoms with E-state index < -0.39 is 0 Å². The molecule has 7 aromatic heterocycles. The first-order chi connectivity index (χ1) is 23.4. The van der Waals surface area contributed by atoms with E-state index in [4.69, 9.17) is 39.9 Å². The van der Waals surface area contributed by atoms with Crippen LogP contribution in [0.5, 0.6) is 0 Å². The third-order valence-corrected chi connectivity index (χ3v) is 8.79. The van der Waals surface area contributed by atoms with Crippen LogP contribution < -0.4 is 9.97 Å². The first-order valence-corrected chi connectivity index (χ1v) is 15.4. The molecule has 238 valence electrons. The maximum absolute atomic E-state index is 5.22. The molecular formula is C36H28MnN12+. The normalized spacial score (nSPS) is 12.2. The van der Waals surface area contributed by atoms with Crippen LogP contribution in [0, 0.1) is 0 Å². The Balaban J connectivity index is 0.00000348. The van der Waals surface area contributed by atoms with E-state index in [-0.39, 0.29) is 17.1 Å². The molecule has 0 saturated carbocycles. The second-order valence-electron chi connectivity index (χ2n) is 11.8. The van der Waals surface area contributed by atoms with Crippen LogP contribution in [0.1, 0.15) is 22.8 Å². The zero-order chi connectivity index (χ0) is 32.5. The number of aromatic nitrogens is 12. The zero-order valence-electron chi connectivity index (χ0n) is 27.0. The Hall–Kier alpha value is -6.04. The fourth-order valence-electron chi connectivity index (χ4n) is 6.43. The molecule has 2 aliphatic rings. The van der Waals surface area contributed by atoms with Crippen LogP contribution in [0.3, 0.4) is 0 Å². The fourth-order valence-corrected chi connectivity index (χ4v) is 6.43. The number of hydrogen-bond donors (Lipinski definition) is 0. The molecular weight excluding hydrogens is 655 g/mol. The second kappa shape index (κ2) is 11.6. The van der Waals surface area contributed by atoms with Crippen molar-refractivity contribution in [2.75, 3.05) is 0 Å². The largest absolute Gasteiger partial charge is 3.00 e. The van der Waals surface area contributed by atoms with Gasteiger partial charge < -0.3 is 28.2 Å². The first-order valence-electron chi connectivity index (χ1n) is 15.4. The molecule has 0 N–H and O–H groups in total. The summed E-state index contributed by atoms with van der Waals surface area (Å²) < 4.78 is 7.92. The Labute approximate surface area is 291 Å². The van der Waals surface area contributed by atoms with Gasteiger partial charge in [0.15, 0.2) is 0 Å². The Morgan fingerprint density at radius 1 is 0.408 bits per heavy atom. The standard InChI is InChI=1S/C36H28N12.Mn/c1-45-17-13-37-33(45)29-21-5-7-23(41-21)30(34-38-14-18-46(34)2)25-9-11-27(43-25)32(36-40-16-20-48(36)4)28-12-10-26(44-28)31(24-8-6-22(29)42-24)35-39-15-19-47(35)3;/h5-20H,1-4H3;/q-2;+3. The van der Waals surface area contributed by atoms with Crippen LogP contribution in [0.4, 0.5) is 0 Å². The average molecular weight is 684 g/mol. The molecule has 7 aromatic rings. The van der Waals surface area contributed by atoms with E-state index in [1.54, 1.807) is 24.8 Å². The number of fused-ring (bicyclic) bond motifs is 8. The molecule has 9 heterocycles. The predicted octanol–water partition coefficient (Wildman–Crippen LogP) is 5.51. The summed E-state index contributed by atoms with van der Waals surface area (Å²) in [5, 5.41) is 0. The van der Waals surface area contributed by atoms with Crippen LogP contribution >= 0.6 is 0 Å². The van der Waals surface area contributed by atoms with Gasteiger partial charge in [0, 0.05) is 100 Å². The molecule has 0 aromatic carbocycles. The molecule has 13 heteroatoms. The van der Waals surface area contributed by atoms with Gasteiger partial charge >= 0.3 is 17.1 Å². The summed E-state index contributed by atoms with van der Waals surface area (Å²) in [6.45, 7) is 0.